The van der Waals surface area contributed by atoms with Crippen LogP contribution in [0.1, 0.15) is 49.3 Å². The van der Waals surface area contributed by atoms with E-state index in [1.165, 1.54) is 36.8 Å². The molecule has 1 saturated carbocycles. The lowest BCUT2D eigenvalue weighted by Gasteiger charge is -2.40. The van der Waals surface area contributed by atoms with Crippen LogP contribution >= 0.6 is 0 Å². The maximum atomic E-state index is 6.42. The lowest BCUT2D eigenvalue weighted by atomic mass is 9.86. The molecule has 126 valence electrons. The Morgan fingerprint density at radius 2 is 2.04 bits per heavy atom. The molecule has 0 radical (unpaired) electrons. The van der Waals surface area contributed by atoms with Crippen LogP contribution in [0.2, 0.25) is 0 Å². The van der Waals surface area contributed by atoms with Gasteiger partial charge in [-0.25, -0.2) is 4.98 Å². The van der Waals surface area contributed by atoms with Crippen molar-refractivity contribution in [2.24, 2.45) is 0 Å². The third kappa shape index (κ3) is 2.98. The molecule has 1 aliphatic carbocycles. The lowest BCUT2D eigenvalue weighted by Crippen LogP contribution is -2.42. The number of para-hydroxylation sites is 1. The Kier molecular flexibility index (Phi) is 4.15. The van der Waals surface area contributed by atoms with Crippen molar-refractivity contribution in [2.75, 3.05) is 7.11 Å². The molecule has 4 heteroatoms. The van der Waals surface area contributed by atoms with E-state index in [9.17, 15) is 0 Å². The molecule has 2 aliphatic rings. The summed E-state index contributed by atoms with van der Waals surface area (Å²) in [5.41, 5.74) is 2.47. The number of pyridine rings is 1. The second kappa shape index (κ2) is 6.44. The summed E-state index contributed by atoms with van der Waals surface area (Å²) in [6, 6.07) is 12.8. The minimum atomic E-state index is 0.0319. The number of fused-ring (bicyclic) bond motifs is 1. The molecule has 1 fully saturated rings. The van der Waals surface area contributed by atoms with Crippen molar-refractivity contribution in [3.05, 3.63) is 53.7 Å². The number of aromatic nitrogens is 1. The smallest absolute Gasteiger partial charge is 0.212 e. The quantitative estimate of drug-likeness (QED) is 0.922. The first-order valence-electron chi connectivity index (χ1n) is 8.78. The van der Waals surface area contributed by atoms with Gasteiger partial charge in [-0.3, -0.25) is 0 Å². The highest BCUT2D eigenvalue weighted by molar-refractivity contribution is 5.39. The largest absolute Gasteiger partial charge is 0.487 e. The molecular formula is C20H24N2O2. The zero-order valence-electron chi connectivity index (χ0n) is 14.1. The Balaban J connectivity index is 1.52. The van der Waals surface area contributed by atoms with Crippen LogP contribution in [-0.4, -0.2) is 17.7 Å². The summed E-state index contributed by atoms with van der Waals surface area (Å²) in [5.74, 6) is 1.70. The van der Waals surface area contributed by atoms with Crippen molar-refractivity contribution < 1.29 is 9.47 Å². The van der Waals surface area contributed by atoms with E-state index in [-0.39, 0.29) is 5.60 Å². The normalized spacial score (nSPS) is 21.3. The second-order valence-electron chi connectivity index (χ2n) is 6.88. The zero-order valence-corrected chi connectivity index (χ0v) is 14.1. The first kappa shape index (κ1) is 15.5. The van der Waals surface area contributed by atoms with Gasteiger partial charge in [0.05, 0.1) is 7.11 Å². The van der Waals surface area contributed by atoms with Gasteiger partial charge in [-0.15, -0.1) is 0 Å². The monoisotopic (exact) mass is 324 g/mol. The summed E-state index contributed by atoms with van der Waals surface area (Å²) in [7, 11) is 1.64. The Morgan fingerprint density at radius 1 is 1.21 bits per heavy atom. The van der Waals surface area contributed by atoms with Crippen LogP contribution in [0.25, 0.3) is 0 Å². The van der Waals surface area contributed by atoms with Gasteiger partial charge in [0.1, 0.15) is 11.4 Å². The Morgan fingerprint density at radius 3 is 2.79 bits per heavy atom. The first-order valence-corrected chi connectivity index (χ1v) is 8.78. The second-order valence-corrected chi connectivity index (χ2v) is 6.88. The number of hydrogen-bond donors (Lipinski definition) is 1. The van der Waals surface area contributed by atoms with E-state index in [2.05, 4.69) is 40.6 Å². The van der Waals surface area contributed by atoms with Gasteiger partial charge < -0.3 is 14.8 Å². The van der Waals surface area contributed by atoms with E-state index < -0.39 is 0 Å². The van der Waals surface area contributed by atoms with E-state index in [1.54, 1.807) is 7.11 Å². The van der Waals surface area contributed by atoms with E-state index >= 15 is 0 Å². The number of methoxy groups -OCH3 is 1. The summed E-state index contributed by atoms with van der Waals surface area (Å²) in [4.78, 5) is 4.29. The van der Waals surface area contributed by atoms with E-state index in [4.69, 9.17) is 9.47 Å². The molecule has 0 amide bonds. The van der Waals surface area contributed by atoms with Gasteiger partial charge in [-0.1, -0.05) is 24.3 Å². The maximum absolute atomic E-state index is 6.42. The first-order chi connectivity index (χ1) is 11.8. The summed E-state index contributed by atoms with van der Waals surface area (Å²) in [6.45, 7) is 0.798. The summed E-state index contributed by atoms with van der Waals surface area (Å²) >= 11 is 0. The predicted octanol–water partition coefficient (Wildman–Crippen LogP) is 4.02. The number of nitrogens with one attached hydrogen (secondary N) is 1. The SMILES string of the molecule is COc1ccc(CNC2CC3(CCCC3)Oc3ccccc32)cn1. The van der Waals surface area contributed by atoms with Gasteiger partial charge >= 0.3 is 0 Å². The number of hydrogen-bond acceptors (Lipinski definition) is 4. The molecule has 1 aromatic carbocycles. The molecular weight excluding hydrogens is 300 g/mol. The van der Waals surface area contributed by atoms with Gasteiger partial charge in [0, 0.05) is 36.8 Å². The minimum Gasteiger partial charge on any atom is -0.487 e. The highest BCUT2D eigenvalue weighted by Gasteiger charge is 2.42. The molecule has 1 aromatic heterocycles. The fourth-order valence-corrected chi connectivity index (χ4v) is 4.00. The Labute approximate surface area is 143 Å². The van der Waals surface area contributed by atoms with E-state index in [0.29, 0.717) is 11.9 Å². The standard InChI is InChI=1S/C20H24N2O2/c1-23-19-9-8-15(14-22-19)13-21-17-12-20(10-4-5-11-20)24-18-7-3-2-6-16(17)18/h2-3,6-9,14,17,21H,4-5,10-13H2,1H3. The maximum Gasteiger partial charge on any atom is 0.212 e. The van der Waals surface area contributed by atoms with E-state index in [0.717, 1.165) is 18.7 Å². The minimum absolute atomic E-state index is 0.0319. The number of ether oxygens (including phenoxy) is 2. The summed E-state index contributed by atoms with van der Waals surface area (Å²) < 4.78 is 11.5. The molecule has 0 bridgehead atoms. The third-order valence-electron chi connectivity index (χ3n) is 5.27. The molecule has 1 N–H and O–H groups in total. The van der Waals surface area contributed by atoms with Crippen LogP contribution in [0, 0.1) is 0 Å². The molecule has 2 aromatic rings. The van der Waals surface area contributed by atoms with Crippen LogP contribution in [-0.2, 0) is 6.54 Å². The number of nitrogens with zero attached hydrogens (tertiary/aromatic N) is 1. The molecule has 1 atom stereocenters. The average Bonchev–Trinajstić information content (AvgIpc) is 3.07. The number of benzene rings is 1. The summed E-state index contributed by atoms with van der Waals surface area (Å²) in [5, 5.41) is 3.72. The van der Waals surface area contributed by atoms with Crippen LogP contribution in [0.4, 0.5) is 0 Å². The molecule has 1 aliphatic heterocycles. The van der Waals surface area contributed by atoms with Crippen LogP contribution in [0.3, 0.4) is 0 Å². The predicted molar refractivity (Wildman–Crippen MR) is 93.3 cm³/mol. The van der Waals surface area contributed by atoms with Gasteiger partial charge in [0.25, 0.3) is 0 Å². The molecule has 1 spiro atoms. The topological polar surface area (TPSA) is 43.4 Å². The van der Waals surface area contributed by atoms with Crippen molar-refractivity contribution in [3.63, 3.8) is 0 Å². The van der Waals surface area contributed by atoms with Crippen LogP contribution in [0.15, 0.2) is 42.6 Å². The van der Waals surface area contributed by atoms with Gasteiger partial charge in [0.15, 0.2) is 0 Å². The highest BCUT2D eigenvalue weighted by Crippen LogP contribution is 2.47. The summed E-state index contributed by atoms with van der Waals surface area (Å²) in [6.07, 6.45) is 7.82. The average molecular weight is 324 g/mol. The van der Waals surface area contributed by atoms with Crippen molar-refractivity contribution in [1.82, 2.24) is 10.3 Å². The van der Waals surface area contributed by atoms with Crippen LogP contribution in [0.5, 0.6) is 11.6 Å². The Hall–Kier alpha value is -2.07. The fraction of sp³-hybridized carbons (Fsp3) is 0.450. The van der Waals surface area contributed by atoms with Crippen molar-refractivity contribution in [3.8, 4) is 11.6 Å². The van der Waals surface area contributed by atoms with Crippen LogP contribution < -0.4 is 14.8 Å². The molecule has 2 heterocycles. The van der Waals surface area contributed by atoms with E-state index in [1.807, 2.05) is 12.3 Å². The number of rotatable bonds is 4. The Bertz CT molecular complexity index is 693. The van der Waals surface area contributed by atoms with Gasteiger partial charge in [-0.05, 0) is 37.3 Å². The van der Waals surface area contributed by atoms with Gasteiger partial charge in [-0.2, -0.15) is 0 Å². The lowest BCUT2D eigenvalue weighted by molar-refractivity contribution is 0.0364. The highest BCUT2D eigenvalue weighted by atomic mass is 16.5. The zero-order chi connectivity index (χ0) is 16.4. The van der Waals surface area contributed by atoms with Crippen molar-refractivity contribution >= 4 is 0 Å². The van der Waals surface area contributed by atoms with Gasteiger partial charge in [0.2, 0.25) is 5.88 Å². The molecule has 1 unspecified atom stereocenters. The molecule has 4 rings (SSSR count). The van der Waals surface area contributed by atoms with Crippen molar-refractivity contribution in [1.29, 1.82) is 0 Å². The van der Waals surface area contributed by atoms with Crippen molar-refractivity contribution in [2.45, 2.75) is 50.3 Å². The third-order valence-corrected chi connectivity index (χ3v) is 5.27. The molecule has 4 nitrogen and oxygen atoms in total. The fourth-order valence-electron chi connectivity index (χ4n) is 4.00. The molecule has 24 heavy (non-hydrogen) atoms. The molecule has 0 saturated heterocycles.